The van der Waals surface area contributed by atoms with E-state index in [0.29, 0.717) is 11.3 Å². The molecule has 9 heteroatoms. The highest BCUT2D eigenvalue weighted by Gasteiger charge is 2.34. The number of carbonyl (C=O) groups is 1. The van der Waals surface area contributed by atoms with Crippen LogP contribution in [0.1, 0.15) is 22.3 Å². The lowest BCUT2D eigenvalue weighted by Gasteiger charge is -1.99. The smallest absolute Gasteiger partial charge is 0.443 e. The molecule has 2 aromatic rings. The standard InChI is InChI=1S/C10H8F3N3O2S/c1-2-18-8(17)6-3-14-16(4-6)7-5-19-9(15-7)10(11,12)13/h3-5H,2H2,1H3. The Balaban J connectivity index is 2.23. The summed E-state index contributed by atoms with van der Waals surface area (Å²) in [6, 6.07) is 0. The highest BCUT2D eigenvalue weighted by atomic mass is 32.1. The Morgan fingerprint density at radius 1 is 1.53 bits per heavy atom. The van der Waals surface area contributed by atoms with Crippen LogP contribution in [0, 0.1) is 0 Å². The monoisotopic (exact) mass is 291 g/mol. The molecule has 0 atom stereocenters. The molecule has 0 fully saturated rings. The van der Waals surface area contributed by atoms with Crippen molar-refractivity contribution in [2.24, 2.45) is 0 Å². The third-order valence-electron chi connectivity index (χ3n) is 2.06. The number of nitrogens with zero attached hydrogens (tertiary/aromatic N) is 3. The molecule has 0 aliphatic carbocycles. The van der Waals surface area contributed by atoms with Gasteiger partial charge in [0, 0.05) is 11.6 Å². The third-order valence-corrected chi connectivity index (χ3v) is 2.94. The average Bonchev–Trinajstić information content (AvgIpc) is 2.97. The van der Waals surface area contributed by atoms with Gasteiger partial charge in [-0.2, -0.15) is 18.3 Å². The molecule has 0 spiro atoms. The van der Waals surface area contributed by atoms with Gasteiger partial charge in [0.25, 0.3) is 0 Å². The molecule has 2 aromatic heterocycles. The fourth-order valence-electron chi connectivity index (χ4n) is 1.27. The molecule has 0 saturated carbocycles. The maximum atomic E-state index is 12.4. The van der Waals surface area contributed by atoms with E-state index < -0.39 is 17.2 Å². The summed E-state index contributed by atoms with van der Waals surface area (Å²) in [6.07, 6.45) is -2.00. The molecular formula is C10H8F3N3O2S. The SMILES string of the molecule is CCOC(=O)c1cnn(-c2csc(C(F)(F)F)n2)c1. The van der Waals surface area contributed by atoms with Crippen molar-refractivity contribution in [3.8, 4) is 5.82 Å². The maximum absolute atomic E-state index is 12.4. The van der Waals surface area contributed by atoms with Gasteiger partial charge in [-0.05, 0) is 6.92 Å². The summed E-state index contributed by atoms with van der Waals surface area (Å²) in [7, 11) is 0. The molecule has 0 aromatic carbocycles. The van der Waals surface area contributed by atoms with Gasteiger partial charge in [0.1, 0.15) is 0 Å². The van der Waals surface area contributed by atoms with E-state index in [1.54, 1.807) is 6.92 Å². The molecule has 0 unspecified atom stereocenters. The number of hydrogen-bond donors (Lipinski definition) is 0. The highest BCUT2D eigenvalue weighted by molar-refractivity contribution is 7.10. The first kappa shape index (κ1) is 13.5. The van der Waals surface area contributed by atoms with Gasteiger partial charge in [0.2, 0.25) is 0 Å². The van der Waals surface area contributed by atoms with Crippen LogP contribution in [0.3, 0.4) is 0 Å². The third kappa shape index (κ3) is 2.92. The van der Waals surface area contributed by atoms with Crippen molar-refractivity contribution < 1.29 is 22.7 Å². The van der Waals surface area contributed by atoms with Gasteiger partial charge >= 0.3 is 12.1 Å². The number of alkyl halides is 3. The lowest BCUT2D eigenvalue weighted by Crippen LogP contribution is -2.05. The predicted molar refractivity (Wildman–Crippen MR) is 60.2 cm³/mol. The topological polar surface area (TPSA) is 57.0 Å². The Bertz CT molecular complexity index is 591. The average molecular weight is 291 g/mol. The van der Waals surface area contributed by atoms with Crippen molar-refractivity contribution in [2.45, 2.75) is 13.1 Å². The van der Waals surface area contributed by atoms with Gasteiger partial charge in [-0.3, -0.25) is 0 Å². The van der Waals surface area contributed by atoms with Crippen molar-refractivity contribution >= 4 is 17.3 Å². The summed E-state index contributed by atoms with van der Waals surface area (Å²) in [5.41, 5.74) is 0.156. The van der Waals surface area contributed by atoms with Crippen molar-refractivity contribution in [3.63, 3.8) is 0 Å². The summed E-state index contributed by atoms with van der Waals surface area (Å²) in [5, 5.41) is 4.03. The minimum Gasteiger partial charge on any atom is -0.462 e. The molecule has 2 heterocycles. The molecular weight excluding hydrogens is 283 g/mol. The minimum absolute atomic E-state index is 0.00729. The summed E-state index contributed by atoms with van der Waals surface area (Å²) in [5.74, 6) is -0.576. The van der Waals surface area contributed by atoms with Gasteiger partial charge < -0.3 is 4.74 Å². The van der Waals surface area contributed by atoms with Gasteiger partial charge in [-0.25, -0.2) is 14.5 Å². The Kier molecular flexibility index (Phi) is 3.56. The zero-order chi connectivity index (χ0) is 14.0. The van der Waals surface area contributed by atoms with Crippen LogP contribution in [0.25, 0.3) is 5.82 Å². The number of carbonyl (C=O) groups excluding carboxylic acids is 1. The zero-order valence-electron chi connectivity index (χ0n) is 9.64. The molecule has 19 heavy (non-hydrogen) atoms. The van der Waals surface area contributed by atoms with Crippen LogP contribution in [0.4, 0.5) is 13.2 Å². The normalized spacial score (nSPS) is 11.6. The second kappa shape index (κ2) is 5.00. The Morgan fingerprint density at radius 3 is 2.84 bits per heavy atom. The molecule has 5 nitrogen and oxygen atoms in total. The van der Waals surface area contributed by atoms with Gasteiger partial charge in [-0.1, -0.05) is 0 Å². The lowest BCUT2D eigenvalue weighted by molar-refractivity contribution is -0.137. The fourth-order valence-corrected chi connectivity index (χ4v) is 1.93. The number of rotatable bonds is 3. The van der Waals surface area contributed by atoms with Crippen molar-refractivity contribution in [1.29, 1.82) is 0 Å². The van der Waals surface area contributed by atoms with Crippen LogP contribution in [0.15, 0.2) is 17.8 Å². The van der Waals surface area contributed by atoms with Crippen LogP contribution >= 0.6 is 11.3 Å². The molecule has 0 bridgehead atoms. The summed E-state index contributed by atoms with van der Waals surface area (Å²) in [6.45, 7) is 1.86. The van der Waals surface area contributed by atoms with Crippen LogP contribution in [0.2, 0.25) is 0 Å². The summed E-state index contributed by atoms with van der Waals surface area (Å²) in [4.78, 5) is 14.8. The van der Waals surface area contributed by atoms with Gasteiger partial charge in [0.15, 0.2) is 10.8 Å². The van der Waals surface area contributed by atoms with E-state index in [-0.39, 0.29) is 18.0 Å². The van der Waals surface area contributed by atoms with E-state index >= 15 is 0 Å². The first-order valence-electron chi connectivity index (χ1n) is 5.16. The lowest BCUT2D eigenvalue weighted by atomic mass is 10.4. The Hall–Kier alpha value is -1.90. The fraction of sp³-hybridized carbons (Fsp3) is 0.300. The number of esters is 1. The highest BCUT2D eigenvalue weighted by Crippen LogP contribution is 2.32. The van der Waals surface area contributed by atoms with E-state index in [2.05, 4.69) is 10.1 Å². The Labute approximate surface area is 109 Å². The summed E-state index contributed by atoms with van der Waals surface area (Å²) < 4.78 is 43.0. The number of ether oxygens (including phenoxy) is 1. The van der Waals surface area contributed by atoms with E-state index in [4.69, 9.17) is 4.74 Å². The van der Waals surface area contributed by atoms with E-state index in [9.17, 15) is 18.0 Å². The van der Waals surface area contributed by atoms with Gasteiger partial charge in [0.05, 0.1) is 18.4 Å². The molecule has 0 radical (unpaired) electrons. The molecule has 0 N–H and O–H groups in total. The number of aromatic nitrogens is 3. The van der Waals surface area contributed by atoms with Crippen LogP contribution in [-0.4, -0.2) is 27.3 Å². The van der Waals surface area contributed by atoms with Crippen LogP contribution in [-0.2, 0) is 10.9 Å². The van der Waals surface area contributed by atoms with Crippen molar-refractivity contribution in [3.05, 3.63) is 28.3 Å². The zero-order valence-corrected chi connectivity index (χ0v) is 10.5. The second-order valence-corrected chi connectivity index (χ2v) is 4.26. The molecule has 102 valence electrons. The molecule has 0 aliphatic rings. The Morgan fingerprint density at radius 2 is 2.26 bits per heavy atom. The number of halogens is 3. The predicted octanol–water partition coefficient (Wildman–Crippen LogP) is 2.52. The number of thiazole rings is 1. The van der Waals surface area contributed by atoms with Crippen LogP contribution in [0.5, 0.6) is 0 Å². The van der Waals surface area contributed by atoms with Crippen molar-refractivity contribution in [1.82, 2.24) is 14.8 Å². The number of hydrogen-bond acceptors (Lipinski definition) is 5. The minimum atomic E-state index is -4.49. The maximum Gasteiger partial charge on any atom is 0.443 e. The van der Waals surface area contributed by atoms with E-state index in [0.717, 1.165) is 4.68 Å². The summed E-state index contributed by atoms with van der Waals surface area (Å²) >= 11 is 0.466. The molecule has 0 amide bonds. The van der Waals surface area contributed by atoms with E-state index in [1.807, 2.05) is 0 Å². The second-order valence-electron chi connectivity index (χ2n) is 3.40. The molecule has 0 aliphatic heterocycles. The van der Waals surface area contributed by atoms with Crippen LogP contribution < -0.4 is 0 Å². The molecule has 0 saturated heterocycles. The first-order chi connectivity index (χ1) is 8.91. The first-order valence-corrected chi connectivity index (χ1v) is 6.04. The van der Waals surface area contributed by atoms with Gasteiger partial charge in [-0.15, -0.1) is 11.3 Å². The quantitative estimate of drug-likeness (QED) is 0.815. The van der Waals surface area contributed by atoms with Crippen molar-refractivity contribution in [2.75, 3.05) is 6.61 Å². The largest absolute Gasteiger partial charge is 0.462 e. The molecule has 2 rings (SSSR count). The van der Waals surface area contributed by atoms with E-state index in [1.165, 1.54) is 17.8 Å².